The van der Waals surface area contributed by atoms with Gasteiger partial charge in [-0.15, -0.1) is 0 Å². The molecule has 1 aliphatic rings. The molecule has 4 N–H and O–H groups in total. The van der Waals surface area contributed by atoms with E-state index in [1.54, 1.807) is 0 Å². The maximum Gasteiger partial charge on any atom is 0.328 e. The lowest BCUT2D eigenvalue weighted by atomic mass is 9.97. The Morgan fingerprint density at radius 2 is 1.93 bits per heavy atom. The summed E-state index contributed by atoms with van der Waals surface area (Å²) in [7, 11) is 0. The number of nitrogens with one attached hydrogen (secondary N) is 2. The number of rotatable bonds is 7. The number of aliphatic hydroxyl groups excluding tert-OH is 2. The van der Waals surface area contributed by atoms with E-state index in [9.17, 15) is 24.6 Å². The molecule has 9 heteroatoms. The van der Waals surface area contributed by atoms with Crippen molar-refractivity contribution in [3.05, 3.63) is 68.5 Å². The minimum absolute atomic E-state index is 0.00466. The van der Waals surface area contributed by atoms with Crippen LogP contribution in [0.3, 0.4) is 0 Å². The van der Waals surface area contributed by atoms with E-state index in [0.717, 1.165) is 12.0 Å². The van der Waals surface area contributed by atoms with E-state index in [1.807, 2.05) is 31.2 Å². The first-order valence-corrected chi connectivity index (χ1v) is 9.96. The minimum Gasteiger partial charge on any atom is -0.388 e. The van der Waals surface area contributed by atoms with E-state index in [1.165, 1.54) is 22.4 Å². The van der Waals surface area contributed by atoms with Crippen molar-refractivity contribution in [2.24, 2.45) is 0 Å². The summed E-state index contributed by atoms with van der Waals surface area (Å²) in [6.45, 7) is 1.99. The quantitative estimate of drug-likeness (QED) is 0.479. The van der Waals surface area contributed by atoms with Crippen molar-refractivity contribution in [2.45, 2.75) is 57.1 Å². The molecule has 2 heterocycles. The highest BCUT2D eigenvalue weighted by molar-refractivity contribution is 5.76. The molecule has 4 atom stereocenters. The second-order valence-electron chi connectivity index (χ2n) is 7.63. The zero-order valence-corrected chi connectivity index (χ0v) is 16.8. The Hall–Kier alpha value is -2.75. The largest absolute Gasteiger partial charge is 0.388 e. The zero-order chi connectivity index (χ0) is 21.7. The summed E-state index contributed by atoms with van der Waals surface area (Å²) in [6.07, 6.45) is -0.346. The van der Waals surface area contributed by atoms with Crippen LogP contribution in [0.5, 0.6) is 0 Å². The van der Waals surface area contributed by atoms with E-state index in [0.29, 0.717) is 12.8 Å². The molecule has 1 amide bonds. The van der Waals surface area contributed by atoms with E-state index in [4.69, 9.17) is 4.74 Å². The lowest BCUT2D eigenvalue weighted by molar-refractivity contribution is -0.158. The Labute approximate surface area is 173 Å². The van der Waals surface area contributed by atoms with Gasteiger partial charge in [-0.25, -0.2) is 4.79 Å². The maximum absolute atomic E-state index is 12.2. The average molecular weight is 417 g/mol. The number of aromatic nitrogens is 2. The van der Waals surface area contributed by atoms with Crippen LogP contribution in [0.2, 0.25) is 0 Å². The number of aryl methyl sites for hydroxylation is 2. The first kappa shape index (κ1) is 21.9. The van der Waals surface area contributed by atoms with Gasteiger partial charge in [-0.05, 0) is 25.3 Å². The van der Waals surface area contributed by atoms with Gasteiger partial charge < -0.3 is 20.3 Å². The number of hydrogen-bond donors (Lipinski definition) is 4. The number of hydrogen-bond acceptors (Lipinski definition) is 6. The summed E-state index contributed by atoms with van der Waals surface area (Å²) in [5.41, 5.74) is 1.19. The number of carbonyl (C=O) groups excluding carboxylic acids is 1. The molecule has 9 nitrogen and oxygen atoms in total. The highest BCUT2D eigenvalue weighted by atomic mass is 16.5. The summed E-state index contributed by atoms with van der Waals surface area (Å²) >= 11 is 0. The first-order valence-electron chi connectivity index (χ1n) is 9.96. The number of nitrogens with zero attached hydrogens (tertiary/aromatic N) is 1. The normalized spacial score (nSPS) is 23.8. The van der Waals surface area contributed by atoms with E-state index >= 15 is 0 Å². The molecule has 1 aromatic heterocycles. The highest BCUT2D eigenvalue weighted by Gasteiger charge is 2.39. The molecule has 0 spiro atoms. The fourth-order valence-electron chi connectivity index (χ4n) is 3.44. The van der Waals surface area contributed by atoms with Gasteiger partial charge in [0.15, 0.2) is 0 Å². The Morgan fingerprint density at radius 3 is 2.63 bits per heavy atom. The van der Waals surface area contributed by atoms with Gasteiger partial charge in [0.1, 0.15) is 18.3 Å². The number of amides is 1. The summed E-state index contributed by atoms with van der Waals surface area (Å²) in [6, 6.07) is 8.59. The maximum atomic E-state index is 12.2. The molecule has 1 aromatic carbocycles. The fourth-order valence-corrected chi connectivity index (χ4v) is 3.44. The van der Waals surface area contributed by atoms with E-state index in [-0.39, 0.29) is 19.1 Å². The molecular formula is C21H27N3O6. The van der Waals surface area contributed by atoms with Crippen molar-refractivity contribution < 1.29 is 19.7 Å². The van der Waals surface area contributed by atoms with Gasteiger partial charge in [-0.2, -0.15) is 0 Å². The molecule has 1 aliphatic heterocycles. The average Bonchev–Trinajstić information content (AvgIpc) is 2.71. The molecule has 0 aliphatic carbocycles. The standard InChI is InChI=1S/C21H27N3O6/c1-13-5-7-14(8-6-13)3-2-4-17(25)22-15-12-30-16(20(28)19(15)27)11-24-10-9-18(26)23-21(24)29/h5-10,15-16,19-20,27-28H,2-4,11-12H2,1H3,(H,22,25)(H,23,26,29)/t15-,16-,19+,20-/m1/s1. The molecule has 1 saturated heterocycles. The van der Waals surface area contributed by atoms with E-state index in [2.05, 4.69) is 10.3 Å². The van der Waals surface area contributed by atoms with Crippen molar-refractivity contribution in [3.8, 4) is 0 Å². The topological polar surface area (TPSA) is 134 Å². The molecule has 3 rings (SSSR count). The van der Waals surface area contributed by atoms with Crippen LogP contribution in [-0.2, 0) is 22.5 Å². The van der Waals surface area contributed by atoms with Crippen LogP contribution in [0.4, 0.5) is 0 Å². The second-order valence-corrected chi connectivity index (χ2v) is 7.63. The highest BCUT2D eigenvalue weighted by Crippen LogP contribution is 2.17. The summed E-state index contributed by atoms with van der Waals surface area (Å²) in [5.74, 6) is -0.225. The number of H-pyrrole nitrogens is 1. The van der Waals surface area contributed by atoms with Gasteiger partial charge in [0, 0.05) is 18.7 Å². The zero-order valence-electron chi connectivity index (χ0n) is 16.8. The summed E-state index contributed by atoms with van der Waals surface area (Å²) in [4.78, 5) is 37.3. The number of carbonyl (C=O) groups is 1. The Morgan fingerprint density at radius 1 is 1.20 bits per heavy atom. The monoisotopic (exact) mass is 417 g/mol. The van der Waals surface area contributed by atoms with Crippen LogP contribution < -0.4 is 16.6 Å². The van der Waals surface area contributed by atoms with Crippen molar-refractivity contribution in [1.82, 2.24) is 14.9 Å². The third kappa shape index (κ3) is 5.65. The van der Waals surface area contributed by atoms with Gasteiger partial charge in [0.2, 0.25) is 5.91 Å². The lowest BCUT2D eigenvalue weighted by Crippen LogP contribution is -2.60. The van der Waals surface area contributed by atoms with Crippen LogP contribution in [0.1, 0.15) is 24.0 Å². The molecule has 0 unspecified atom stereocenters. The lowest BCUT2D eigenvalue weighted by Gasteiger charge is -2.38. The van der Waals surface area contributed by atoms with Gasteiger partial charge in [-0.3, -0.25) is 19.1 Å². The van der Waals surface area contributed by atoms with Crippen molar-refractivity contribution >= 4 is 5.91 Å². The van der Waals surface area contributed by atoms with Crippen LogP contribution in [0.15, 0.2) is 46.1 Å². The van der Waals surface area contributed by atoms with Gasteiger partial charge in [-0.1, -0.05) is 29.8 Å². The van der Waals surface area contributed by atoms with Crippen molar-refractivity contribution in [1.29, 1.82) is 0 Å². The van der Waals surface area contributed by atoms with Crippen molar-refractivity contribution in [3.63, 3.8) is 0 Å². The van der Waals surface area contributed by atoms with E-state index < -0.39 is 35.6 Å². The van der Waals surface area contributed by atoms with Crippen LogP contribution in [0.25, 0.3) is 0 Å². The van der Waals surface area contributed by atoms with Gasteiger partial charge >= 0.3 is 5.69 Å². The Kier molecular flexibility index (Phi) is 7.20. The molecule has 0 bridgehead atoms. The third-order valence-electron chi connectivity index (χ3n) is 5.24. The van der Waals surface area contributed by atoms with Gasteiger partial charge in [0.05, 0.1) is 19.2 Å². The Bertz CT molecular complexity index is 968. The van der Waals surface area contributed by atoms with Crippen LogP contribution in [0, 0.1) is 6.92 Å². The molecule has 162 valence electrons. The smallest absolute Gasteiger partial charge is 0.328 e. The third-order valence-corrected chi connectivity index (χ3v) is 5.24. The fraction of sp³-hybridized carbons (Fsp3) is 0.476. The predicted octanol–water partition coefficient (Wildman–Crippen LogP) is -0.527. The molecule has 0 radical (unpaired) electrons. The van der Waals surface area contributed by atoms with Crippen molar-refractivity contribution in [2.75, 3.05) is 6.61 Å². The number of aliphatic hydroxyl groups is 2. The summed E-state index contributed by atoms with van der Waals surface area (Å²) in [5, 5.41) is 23.5. The SMILES string of the molecule is Cc1ccc(CCCC(=O)N[C@@H]2CO[C@H](Cn3ccc(=O)[nH]c3=O)[C@@H](O)[C@H]2O)cc1. The second kappa shape index (κ2) is 9.84. The number of benzene rings is 1. The van der Waals surface area contributed by atoms with Crippen LogP contribution >= 0.6 is 0 Å². The Balaban J connectivity index is 1.47. The number of ether oxygens (including phenoxy) is 1. The van der Waals surface area contributed by atoms with Gasteiger partial charge in [0.25, 0.3) is 5.56 Å². The minimum atomic E-state index is -1.30. The molecule has 1 fully saturated rings. The molecule has 0 saturated carbocycles. The van der Waals surface area contributed by atoms with Crippen LogP contribution in [-0.4, -0.2) is 56.6 Å². The number of aromatic amines is 1. The molecule has 30 heavy (non-hydrogen) atoms. The first-order chi connectivity index (χ1) is 14.3. The molecular weight excluding hydrogens is 390 g/mol. The molecule has 2 aromatic rings. The predicted molar refractivity (Wildman–Crippen MR) is 109 cm³/mol. The summed E-state index contributed by atoms with van der Waals surface area (Å²) < 4.78 is 6.76.